The van der Waals surface area contributed by atoms with E-state index in [1.807, 2.05) is 103 Å². The number of aryl methyl sites for hydroxylation is 1. The summed E-state index contributed by atoms with van der Waals surface area (Å²) in [5.74, 6) is 0. The van der Waals surface area contributed by atoms with Crippen LogP contribution in [0.25, 0.3) is 5.69 Å². The van der Waals surface area contributed by atoms with Gasteiger partial charge in [-0.25, -0.2) is 4.68 Å². The van der Waals surface area contributed by atoms with Crippen molar-refractivity contribution in [2.24, 2.45) is 0 Å². The molecule has 32 heavy (non-hydrogen) atoms. The zero-order chi connectivity index (χ0) is 22.2. The second-order valence-electron chi connectivity index (χ2n) is 7.79. The number of aliphatic hydroxyl groups excluding tert-OH is 1. The van der Waals surface area contributed by atoms with Crippen molar-refractivity contribution in [1.82, 2.24) is 9.78 Å². The highest BCUT2D eigenvalue weighted by atomic mass is 16.5. The molecule has 164 valence electrons. The maximum absolute atomic E-state index is 11.1. The third-order valence-electron chi connectivity index (χ3n) is 5.26. The summed E-state index contributed by atoms with van der Waals surface area (Å²) < 4.78 is 13.9. The summed E-state index contributed by atoms with van der Waals surface area (Å²) in [6.45, 7) is 3.00. The van der Waals surface area contributed by atoms with E-state index in [0.717, 1.165) is 22.5 Å². The van der Waals surface area contributed by atoms with Gasteiger partial charge in [0, 0.05) is 6.20 Å². The first kappa shape index (κ1) is 22.0. The molecule has 0 spiro atoms. The number of benzene rings is 3. The summed E-state index contributed by atoms with van der Waals surface area (Å²) in [6.07, 6.45) is 0.268. The minimum atomic E-state index is -0.858. The van der Waals surface area contributed by atoms with E-state index in [9.17, 15) is 5.11 Å². The van der Waals surface area contributed by atoms with Crippen LogP contribution in [0, 0.1) is 6.92 Å². The molecule has 0 radical (unpaired) electrons. The van der Waals surface area contributed by atoms with Crippen molar-refractivity contribution in [1.29, 1.82) is 0 Å². The van der Waals surface area contributed by atoms with Crippen LogP contribution >= 0.6 is 0 Å². The molecular weight excluding hydrogens is 400 g/mol. The molecule has 3 aromatic carbocycles. The fourth-order valence-corrected chi connectivity index (χ4v) is 3.54. The summed E-state index contributed by atoms with van der Waals surface area (Å²) >= 11 is 0. The Morgan fingerprint density at radius 1 is 0.812 bits per heavy atom. The summed E-state index contributed by atoms with van der Waals surface area (Å²) in [7, 11) is 0. The lowest BCUT2D eigenvalue weighted by Crippen LogP contribution is -2.28. The zero-order valence-corrected chi connectivity index (χ0v) is 18.2. The van der Waals surface area contributed by atoms with Gasteiger partial charge >= 0.3 is 0 Å². The van der Waals surface area contributed by atoms with E-state index >= 15 is 0 Å². The van der Waals surface area contributed by atoms with Crippen molar-refractivity contribution >= 4 is 0 Å². The molecule has 5 heteroatoms. The van der Waals surface area contributed by atoms with Crippen molar-refractivity contribution in [2.75, 3.05) is 6.61 Å². The van der Waals surface area contributed by atoms with E-state index in [1.54, 1.807) is 6.20 Å². The molecule has 0 saturated carbocycles. The van der Waals surface area contributed by atoms with E-state index in [2.05, 4.69) is 5.10 Å². The molecule has 0 fully saturated rings. The van der Waals surface area contributed by atoms with Gasteiger partial charge in [0.15, 0.2) is 0 Å². The summed E-state index contributed by atoms with van der Waals surface area (Å²) in [5, 5.41) is 15.5. The highest BCUT2D eigenvalue weighted by Gasteiger charge is 2.26. The average molecular weight is 429 g/mol. The Labute approximate surface area is 188 Å². The summed E-state index contributed by atoms with van der Waals surface area (Å²) in [5.41, 5.74) is 4.97. The normalized spacial score (nSPS) is 13.1. The topological polar surface area (TPSA) is 56.5 Å². The van der Waals surface area contributed by atoms with E-state index in [4.69, 9.17) is 9.47 Å². The van der Waals surface area contributed by atoms with Crippen molar-refractivity contribution in [3.63, 3.8) is 0 Å². The Morgan fingerprint density at radius 2 is 1.44 bits per heavy atom. The fraction of sp³-hybridized carbons (Fsp3) is 0.222. The van der Waals surface area contributed by atoms with E-state index in [1.165, 1.54) is 5.56 Å². The van der Waals surface area contributed by atoms with Crippen molar-refractivity contribution in [2.45, 2.75) is 32.3 Å². The molecule has 0 aliphatic rings. The van der Waals surface area contributed by atoms with Crippen molar-refractivity contribution in [3.8, 4) is 5.69 Å². The number of hydrogen-bond acceptors (Lipinski definition) is 4. The predicted molar refractivity (Wildman–Crippen MR) is 124 cm³/mol. The summed E-state index contributed by atoms with van der Waals surface area (Å²) in [4.78, 5) is 0. The van der Waals surface area contributed by atoms with Crippen LogP contribution in [0.15, 0.2) is 97.2 Å². The first-order chi connectivity index (χ1) is 15.7. The van der Waals surface area contributed by atoms with Crippen LogP contribution in [0.2, 0.25) is 0 Å². The molecule has 0 saturated heterocycles. The lowest BCUT2D eigenvalue weighted by Gasteiger charge is -2.24. The van der Waals surface area contributed by atoms with Crippen LogP contribution in [-0.4, -0.2) is 27.6 Å². The Hall–Kier alpha value is -3.25. The molecule has 0 bridgehead atoms. The van der Waals surface area contributed by atoms with E-state index < -0.39 is 12.2 Å². The van der Waals surface area contributed by atoms with Gasteiger partial charge in [-0.1, -0.05) is 78.4 Å². The molecule has 0 aliphatic carbocycles. The van der Waals surface area contributed by atoms with Crippen LogP contribution in [0.1, 0.15) is 28.5 Å². The smallest absolute Gasteiger partial charge is 0.128 e. The van der Waals surface area contributed by atoms with Crippen LogP contribution in [0.4, 0.5) is 0 Å². The maximum atomic E-state index is 11.1. The number of aromatic nitrogens is 2. The molecule has 2 atom stereocenters. The van der Waals surface area contributed by atoms with Crippen LogP contribution in [0.3, 0.4) is 0 Å². The van der Waals surface area contributed by atoms with Gasteiger partial charge in [0.05, 0.1) is 31.2 Å². The molecule has 0 amide bonds. The lowest BCUT2D eigenvalue weighted by atomic mass is 10.1. The molecule has 0 unspecified atom stereocenters. The second-order valence-corrected chi connectivity index (χ2v) is 7.79. The van der Waals surface area contributed by atoms with Gasteiger partial charge in [0.1, 0.15) is 12.2 Å². The maximum Gasteiger partial charge on any atom is 0.128 e. The van der Waals surface area contributed by atoms with Crippen LogP contribution in [0.5, 0.6) is 0 Å². The third kappa shape index (κ3) is 5.71. The number of ether oxygens (including phenoxy) is 2. The van der Waals surface area contributed by atoms with Crippen molar-refractivity contribution < 1.29 is 14.6 Å². The van der Waals surface area contributed by atoms with Gasteiger partial charge in [-0.15, -0.1) is 0 Å². The largest absolute Gasteiger partial charge is 0.388 e. The van der Waals surface area contributed by atoms with Crippen molar-refractivity contribution in [3.05, 3.63) is 120 Å². The molecule has 1 heterocycles. The number of nitrogens with zero attached hydrogens (tertiary/aromatic N) is 2. The second kappa shape index (κ2) is 10.9. The quantitative estimate of drug-likeness (QED) is 0.386. The SMILES string of the molecule is Cc1ccc(-n2nccc2[C@H](OCc2ccccc2)[C@H](O)COCc2ccccc2)cc1. The minimum absolute atomic E-state index is 0.146. The Balaban J connectivity index is 1.52. The molecule has 4 aromatic rings. The van der Waals surface area contributed by atoms with Gasteiger partial charge in [-0.05, 0) is 36.2 Å². The Bertz CT molecular complexity index is 1080. The molecule has 4 rings (SSSR count). The molecule has 1 aromatic heterocycles. The first-order valence-electron chi connectivity index (χ1n) is 10.8. The third-order valence-corrected chi connectivity index (χ3v) is 5.26. The van der Waals surface area contributed by atoms with E-state index in [-0.39, 0.29) is 6.61 Å². The Morgan fingerprint density at radius 3 is 2.09 bits per heavy atom. The van der Waals surface area contributed by atoms with Crippen LogP contribution in [-0.2, 0) is 22.7 Å². The Kier molecular flexibility index (Phi) is 7.46. The molecule has 0 aliphatic heterocycles. The molecule has 5 nitrogen and oxygen atoms in total. The minimum Gasteiger partial charge on any atom is -0.388 e. The highest BCUT2D eigenvalue weighted by Crippen LogP contribution is 2.26. The standard InChI is InChI=1S/C27H28N2O3/c1-21-12-14-24(15-13-21)29-25(16-17-28-29)27(32-19-23-10-6-3-7-11-23)26(30)20-31-18-22-8-4-2-5-9-22/h2-17,26-27,30H,18-20H2,1H3/t26-,27+/m1/s1. The number of hydrogen-bond donors (Lipinski definition) is 1. The highest BCUT2D eigenvalue weighted by molar-refractivity contribution is 5.35. The predicted octanol–water partition coefficient (Wildman–Crippen LogP) is 5.02. The van der Waals surface area contributed by atoms with Gasteiger partial charge in [0.2, 0.25) is 0 Å². The van der Waals surface area contributed by atoms with Gasteiger partial charge < -0.3 is 14.6 Å². The molecule has 1 N–H and O–H groups in total. The zero-order valence-electron chi connectivity index (χ0n) is 18.2. The van der Waals surface area contributed by atoms with E-state index in [0.29, 0.717) is 13.2 Å². The number of rotatable bonds is 10. The fourth-order valence-electron chi connectivity index (χ4n) is 3.54. The number of aliphatic hydroxyl groups is 1. The van der Waals surface area contributed by atoms with Crippen LogP contribution < -0.4 is 0 Å². The van der Waals surface area contributed by atoms with Gasteiger partial charge in [-0.2, -0.15) is 5.10 Å². The van der Waals surface area contributed by atoms with Gasteiger partial charge in [0.25, 0.3) is 0 Å². The monoisotopic (exact) mass is 428 g/mol. The summed E-state index contributed by atoms with van der Waals surface area (Å²) in [6, 6.07) is 29.9. The average Bonchev–Trinajstić information content (AvgIpc) is 3.31. The molecular formula is C27H28N2O3. The lowest BCUT2D eigenvalue weighted by molar-refractivity contribution is -0.0855. The van der Waals surface area contributed by atoms with Gasteiger partial charge in [-0.3, -0.25) is 0 Å². The first-order valence-corrected chi connectivity index (χ1v) is 10.8.